The smallest absolute Gasteiger partial charge is 0.128 e. The number of nitrogens with zero attached hydrogens (tertiary/aromatic N) is 1. The van der Waals surface area contributed by atoms with Crippen molar-refractivity contribution in [2.45, 2.75) is 129 Å². The van der Waals surface area contributed by atoms with Crippen LogP contribution in [-0.4, -0.2) is 24.5 Å². The topological polar surface area (TPSA) is 51.0 Å². The molecule has 2 rings (SSSR count). The lowest BCUT2D eigenvalue weighted by atomic mass is 10.1. The number of benzene rings is 2. The molecular formula is C35H55NO3. The predicted molar refractivity (Wildman–Crippen MR) is 167 cm³/mol. The first-order chi connectivity index (χ1) is 19.2. The van der Waals surface area contributed by atoms with Gasteiger partial charge in [-0.15, -0.1) is 0 Å². The van der Waals surface area contributed by atoms with E-state index in [1.54, 1.807) is 12.3 Å². The minimum absolute atomic E-state index is 0.185. The Balaban J connectivity index is 1.58. The van der Waals surface area contributed by atoms with Gasteiger partial charge in [-0.25, -0.2) is 0 Å². The van der Waals surface area contributed by atoms with Gasteiger partial charge in [0.25, 0.3) is 0 Å². The SMILES string of the molecule is CCCCCCCCCCCCOc1ccc(C=Nc2ccc(OCCCCCCCCCC)cc2)c(O)c1. The minimum atomic E-state index is 0.185. The standard InChI is InChI=1S/C35H55NO3/c1-3-5-7-9-11-13-14-16-18-20-28-39-34-24-21-31(35(37)29-34)30-36-32-22-25-33(26-23-32)38-27-19-17-15-12-10-8-6-4-2/h21-26,29-30,37H,3-20,27-28H2,1-2H3. The van der Waals surface area contributed by atoms with Crippen molar-refractivity contribution >= 4 is 11.9 Å². The highest BCUT2D eigenvalue weighted by atomic mass is 16.5. The third-order valence-electron chi connectivity index (χ3n) is 7.22. The molecular weight excluding hydrogens is 482 g/mol. The van der Waals surface area contributed by atoms with Gasteiger partial charge in [0.15, 0.2) is 0 Å². The molecule has 0 unspecified atom stereocenters. The predicted octanol–water partition coefficient (Wildman–Crippen LogP) is 11.0. The molecule has 0 bridgehead atoms. The Bertz CT molecular complexity index is 878. The van der Waals surface area contributed by atoms with Crippen LogP contribution >= 0.6 is 0 Å². The summed E-state index contributed by atoms with van der Waals surface area (Å²) in [7, 11) is 0. The zero-order chi connectivity index (χ0) is 27.8. The van der Waals surface area contributed by atoms with Crippen LogP contribution in [0, 0.1) is 0 Å². The summed E-state index contributed by atoms with van der Waals surface area (Å²) >= 11 is 0. The fourth-order valence-electron chi connectivity index (χ4n) is 4.70. The molecule has 4 heteroatoms. The van der Waals surface area contributed by atoms with Crippen LogP contribution in [0.25, 0.3) is 0 Å². The molecule has 218 valence electrons. The second-order valence-corrected chi connectivity index (χ2v) is 10.8. The van der Waals surface area contributed by atoms with E-state index < -0.39 is 0 Å². The van der Waals surface area contributed by atoms with Crippen LogP contribution in [0.4, 0.5) is 5.69 Å². The monoisotopic (exact) mass is 537 g/mol. The molecule has 0 saturated carbocycles. The van der Waals surface area contributed by atoms with Gasteiger partial charge in [-0.2, -0.15) is 0 Å². The van der Waals surface area contributed by atoms with Crippen molar-refractivity contribution in [1.82, 2.24) is 0 Å². The van der Waals surface area contributed by atoms with E-state index in [0.717, 1.165) is 30.9 Å². The van der Waals surface area contributed by atoms with Crippen LogP contribution < -0.4 is 9.47 Å². The molecule has 2 aromatic rings. The lowest BCUT2D eigenvalue weighted by Crippen LogP contribution is -1.97. The Morgan fingerprint density at radius 1 is 0.564 bits per heavy atom. The van der Waals surface area contributed by atoms with Gasteiger partial charge in [0.05, 0.1) is 18.9 Å². The summed E-state index contributed by atoms with van der Waals surface area (Å²) in [6, 6.07) is 13.2. The Kier molecular flexibility index (Phi) is 18.7. The lowest BCUT2D eigenvalue weighted by molar-refractivity contribution is 0.302. The molecule has 0 spiro atoms. The van der Waals surface area contributed by atoms with Gasteiger partial charge in [-0.05, 0) is 49.2 Å². The van der Waals surface area contributed by atoms with Crippen LogP contribution in [0.2, 0.25) is 0 Å². The molecule has 0 radical (unpaired) electrons. The summed E-state index contributed by atoms with van der Waals surface area (Å²) < 4.78 is 11.7. The summed E-state index contributed by atoms with van der Waals surface area (Å²) in [5, 5.41) is 10.4. The molecule has 0 heterocycles. The first-order valence-electron chi connectivity index (χ1n) is 16.0. The Labute approximate surface area is 239 Å². The summed E-state index contributed by atoms with van der Waals surface area (Å²) in [6.45, 7) is 5.98. The highest BCUT2D eigenvalue weighted by Gasteiger charge is 2.03. The molecule has 0 aliphatic carbocycles. The van der Waals surface area contributed by atoms with E-state index >= 15 is 0 Å². The fraction of sp³-hybridized carbons (Fsp3) is 0.629. The van der Waals surface area contributed by atoms with Crippen molar-refractivity contribution in [3.8, 4) is 17.2 Å². The summed E-state index contributed by atoms with van der Waals surface area (Å²) in [6.07, 6.45) is 25.2. The Morgan fingerprint density at radius 2 is 1.00 bits per heavy atom. The van der Waals surface area contributed by atoms with Gasteiger partial charge in [0, 0.05) is 17.8 Å². The summed E-state index contributed by atoms with van der Waals surface area (Å²) in [4.78, 5) is 4.51. The van der Waals surface area contributed by atoms with E-state index in [1.165, 1.54) is 103 Å². The number of aromatic hydroxyl groups is 1. The number of rotatable bonds is 24. The molecule has 0 aliphatic heterocycles. The minimum Gasteiger partial charge on any atom is -0.507 e. The molecule has 0 fully saturated rings. The van der Waals surface area contributed by atoms with E-state index in [0.29, 0.717) is 17.9 Å². The van der Waals surface area contributed by atoms with Gasteiger partial charge in [0.1, 0.15) is 17.2 Å². The highest BCUT2D eigenvalue weighted by Crippen LogP contribution is 2.24. The number of unbranched alkanes of at least 4 members (excludes halogenated alkanes) is 16. The number of hydrogen-bond acceptors (Lipinski definition) is 4. The van der Waals surface area contributed by atoms with Crippen molar-refractivity contribution in [3.63, 3.8) is 0 Å². The second-order valence-electron chi connectivity index (χ2n) is 10.8. The average Bonchev–Trinajstić information content (AvgIpc) is 2.95. The average molecular weight is 538 g/mol. The van der Waals surface area contributed by atoms with Crippen molar-refractivity contribution < 1.29 is 14.6 Å². The van der Waals surface area contributed by atoms with Gasteiger partial charge < -0.3 is 14.6 Å². The van der Waals surface area contributed by atoms with E-state index in [9.17, 15) is 5.11 Å². The van der Waals surface area contributed by atoms with Crippen LogP contribution in [0.1, 0.15) is 135 Å². The third kappa shape index (κ3) is 16.3. The van der Waals surface area contributed by atoms with Gasteiger partial charge in [-0.3, -0.25) is 4.99 Å². The van der Waals surface area contributed by atoms with Crippen molar-refractivity contribution in [1.29, 1.82) is 0 Å². The van der Waals surface area contributed by atoms with Gasteiger partial charge in [0.2, 0.25) is 0 Å². The first kappa shape index (κ1) is 32.7. The van der Waals surface area contributed by atoms with Crippen LogP contribution in [0.15, 0.2) is 47.5 Å². The number of aliphatic imine (C=N–C) groups is 1. The van der Waals surface area contributed by atoms with Crippen LogP contribution in [0.3, 0.4) is 0 Å². The molecule has 39 heavy (non-hydrogen) atoms. The van der Waals surface area contributed by atoms with E-state index in [2.05, 4.69) is 18.8 Å². The van der Waals surface area contributed by atoms with Crippen molar-refractivity contribution in [2.75, 3.05) is 13.2 Å². The van der Waals surface area contributed by atoms with Crippen molar-refractivity contribution in [3.05, 3.63) is 48.0 Å². The molecule has 0 saturated heterocycles. The summed E-state index contributed by atoms with van der Waals surface area (Å²) in [5.41, 5.74) is 1.51. The molecule has 2 aromatic carbocycles. The van der Waals surface area contributed by atoms with Crippen molar-refractivity contribution in [2.24, 2.45) is 4.99 Å². The van der Waals surface area contributed by atoms with E-state index in [4.69, 9.17) is 9.47 Å². The van der Waals surface area contributed by atoms with Gasteiger partial charge in [-0.1, -0.05) is 117 Å². The third-order valence-corrected chi connectivity index (χ3v) is 7.22. The summed E-state index contributed by atoms with van der Waals surface area (Å²) in [5.74, 6) is 1.77. The lowest BCUT2D eigenvalue weighted by Gasteiger charge is -2.08. The molecule has 0 aromatic heterocycles. The molecule has 4 nitrogen and oxygen atoms in total. The number of hydrogen-bond donors (Lipinski definition) is 1. The Morgan fingerprint density at radius 3 is 1.49 bits per heavy atom. The molecule has 0 atom stereocenters. The highest BCUT2D eigenvalue weighted by molar-refractivity contribution is 5.85. The van der Waals surface area contributed by atoms with Gasteiger partial charge >= 0.3 is 0 Å². The molecule has 0 aliphatic rings. The number of phenolic OH excluding ortho intramolecular Hbond substituents is 1. The van der Waals surface area contributed by atoms with E-state index in [-0.39, 0.29) is 5.75 Å². The largest absolute Gasteiger partial charge is 0.507 e. The molecule has 0 amide bonds. The maximum atomic E-state index is 10.4. The van der Waals surface area contributed by atoms with Crippen LogP contribution in [-0.2, 0) is 0 Å². The number of phenols is 1. The normalized spacial score (nSPS) is 11.3. The Hall–Kier alpha value is -2.49. The zero-order valence-corrected chi connectivity index (χ0v) is 25.0. The second kappa shape index (κ2) is 22.3. The zero-order valence-electron chi connectivity index (χ0n) is 25.0. The van der Waals surface area contributed by atoms with Crippen LogP contribution in [0.5, 0.6) is 17.2 Å². The quantitative estimate of drug-likeness (QED) is 0.107. The maximum Gasteiger partial charge on any atom is 0.128 e. The fourth-order valence-corrected chi connectivity index (χ4v) is 4.70. The van der Waals surface area contributed by atoms with E-state index in [1.807, 2.05) is 36.4 Å². The first-order valence-corrected chi connectivity index (χ1v) is 16.0. The maximum absolute atomic E-state index is 10.4. The number of ether oxygens (including phenoxy) is 2. The molecule has 1 N–H and O–H groups in total.